The van der Waals surface area contributed by atoms with Gasteiger partial charge < -0.3 is 4.74 Å². The van der Waals surface area contributed by atoms with Crippen LogP contribution in [0.2, 0.25) is 0 Å². The molecule has 0 saturated heterocycles. The van der Waals surface area contributed by atoms with Gasteiger partial charge in [0.1, 0.15) is 0 Å². The number of hydrogen-bond donors (Lipinski definition) is 0. The van der Waals surface area contributed by atoms with E-state index in [-0.39, 0.29) is 0 Å². The molecule has 1 aliphatic rings. The zero-order valence-corrected chi connectivity index (χ0v) is 7.38. The van der Waals surface area contributed by atoms with Crippen molar-refractivity contribution >= 4 is 0 Å². The molecule has 1 saturated carbocycles. The molecule has 0 heterocycles. The second-order valence-corrected chi connectivity index (χ2v) is 3.50. The summed E-state index contributed by atoms with van der Waals surface area (Å²) < 4.78 is 5.56. The third-order valence-electron chi connectivity index (χ3n) is 2.41. The Morgan fingerprint density at radius 2 is 2.00 bits per heavy atom. The summed E-state index contributed by atoms with van der Waals surface area (Å²) in [5.41, 5.74) is 0. The van der Waals surface area contributed by atoms with Crippen molar-refractivity contribution in [3.63, 3.8) is 0 Å². The quantitative estimate of drug-likeness (QED) is 0.568. The second kappa shape index (κ2) is 4.55. The highest BCUT2D eigenvalue weighted by atomic mass is 16.5. The van der Waals surface area contributed by atoms with E-state index in [0.717, 1.165) is 12.5 Å². The smallest absolute Gasteiger partial charge is 0.0648 e. The van der Waals surface area contributed by atoms with E-state index in [1.807, 2.05) is 6.08 Å². The average molecular weight is 154 g/mol. The lowest BCUT2D eigenvalue weighted by molar-refractivity contribution is 0.0368. The molecule has 1 heteroatoms. The van der Waals surface area contributed by atoms with Crippen LogP contribution < -0.4 is 0 Å². The molecule has 64 valence electrons. The first-order valence-electron chi connectivity index (χ1n) is 4.55. The lowest BCUT2D eigenvalue weighted by atomic mass is 9.89. The number of rotatable bonds is 3. The molecule has 1 aliphatic carbocycles. The van der Waals surface area contributed by atoms with Gasteiger partial charge >= 0.3 is 0 Å². The maximum atomic E-state index is 5.56. The fourth-order valence-corrected chi connectivity index (χ4v) is 1.60. The normalized spacial score (nSPS) is 31.7. The summed E-state index contributed by atoms with van der Waals surface area (Å²) >= 11 is 0. The molecule has 0 radical (unpaired) electrons. The van der Waals surface area contributed by atoms with Crippen LogP contribution in [0.3, 0.4) is 0 Å². The van der Waals surface area contributed by atoms with Crippen LogP contribution in [0.1, 0.15) is 32.6 Å². The first kappa shape index (κ1) is 8.79. The minimum absolute atomic E-state index is 0.518. The molecule has 0 aromatic heterocycles. The van der Waals surface area contributed by atoms with Crippen LogP contribution in [0, 0.1) is 5.92 Å². The molecule has 0 N–H and O–H groups in total. The molecular weight excluding hydrogens is 136 g/mol. The van der Waals surface area contributed by atoms with E-state index in [1.165, 1.54) is 25.7 Å². The predicted molar refractivity (Wildman–Crippen MR) is 47.6 cm³/mol. The third-order valence-corrected chi connectivity index (χ3v) is 2.41. The fraction of sp³-hybridized carbons (Fsp3) is 0.800. The SMILES string of the molecule is C=CCO[C@H]1CC[C@H](C)CC1. The van der Waals surface area contributed by atoms with Crippen LogP contribution in [0.4, 0.5) is 0 Å². The maximum Gasteiger partial charge on any atom is 0.0648 e. The van der Waals surface area contributed by atoms with Crippen LogP contribution in [0.5, 0.6) is 0 Å². The van der Waals surface area contributed by atoms with Crippen molar-refractivity contribution in [3.05, 3.63) is 12.7 Å². The van der Waals surface area contributed by atoms with Gasteiger partial charge in [0.15, 0.2) is 0 Å². The zero-order chi connectivity index (χ0) is 8.10. The summed E-state index contributed by atoms with van der Waals surface area (Å²) in [6.07, 6.45) is 7.51. The molecule has 0 unspecified atom stereocenters. The second-order valence-electron chi connectivity index (χ2n) is 3.50. The lowest BCUT2D eigenvalue weighted by Crippen LogP contribution is -2.20. The topological polar surface area (TPSA) is 9.23 Å². The minimum Gasteiger partial charge on any atom is -0.374 e. The van der Waals surface area contributed by atoms with Crippen LogP contribution >= 0.6 is 0 Å². The van der Waals surface area contributed by atoms with Crippen molar-refractivity contribution in [1.82, 2.24) is 0 Å². The van der Waals surface area contributed by atoms with Gasteiger partial charge in [-0.3, -0.25) is 0 Å². The average Bonchev–Trinajstić information content (AvgIpc) is 2.04. The van der Waals surface area contributed by atoms with Gasteiger partial charge in [0, 0.05) is 0 Å². The summed E-state index contributed by atoms with van der Waals surface area (Å²) in [5, 5.41) is 0. The van der Waals surface area contributed by atoms with Gasteiger partial charge in [0.2, 0.25) is 0 Å². The molecule has 1 fully saturated rings. The summed E-state index contributed by atoms with van der Waals surface area (Å²) in [6.45, 7) is 6.68. The van der Waals surface area contributed by atoms with Gasteiger partial charge in [-0.2, -0.15) is 0 Å². The zero-order valence-electron chi connectivity index (χ0n) is 7.38. The van der Waals surface area contributed by atoms with E-state index in [4.69, 9.17) is 4.74 Å². The predicted octanol–water partition coefficient (Wildman–Crippen LogP) is 2.77. The van der Waals surface area contributed by atoms with E-state index < -0.39 is 0 Å². The highest BCUT2D eigenvalue weighted by molar-refractivity contribution is 4.72. The Labute approximate surface area is 69.4 Å². The molecule has 0 spiro atoms. The highest BCUT2D eigenvalue weighted by Crippen LogP contribution is 2.25. The summed E-state index contributed by atoms with van der Waals surface area (Å²) in [6, 6.07) is 0. The van der Waals surface area contributed by atoms with Crippen molar-refractivity contribution in [3.8, 4) is 0 Å². The van der Waals surface area contributed by atoms with E-state index in [2.05, 4.69) is 13.5 Å². The van der Waals surface area contributed by atoms with Gasteiger partial charge in [0.25, 0.3) is 0 Å². The Morgan fingerprint density at radius 1 is 1.36 bits per heavy atom. The molecule has 1 nitrogen and oxygen atoms in total. The van der Waals surface area contributed by atoms with Crippen LogP contribution in [0.25, 0.3) is 0 Å². The van der Waals surface area contributed by atoms with E-state index in [1.54, 1.807) is 0 Å². The summed E-state index contributed by atoms with van der Waals surface area (Å²) in [4.78, 5) is 0. The Bertz CT molecular complexity index is 112. The van der Waals surface area contributed by atoms with Crippen LogP contribution in [-0.4, -0.2) is 12.7 Å². The molecule has 11 heavy (non-hydrogen) atoms. The maximum absolute atomic E-state index is 5.56. The molecule has 1 rings (SSSR count). The first-order chi connectivity index (χ1) is 5.33. The van der Waals surface area contributed by atoms with Crippen LogP contribution in [0.15, 0.2) is 12.7 Å². The number of ether oxygens (including phenoxy) is 1. The Balaban J connectivity index is 2.12. The van der Waals surface area contributed by atoms with E-state index >= 15 is 0 Å². The molecule has 0 atom stereocenters. The van der Waals surface area contributed by atoms with Gasteiger partial charge in [-0.15, -0.1) is 6.58 Å². The molecule has 0 aromatic carbocycles. The molecule has 0 aromatic rings. The number of hydrogen-bond acceptors (Lipinski definition) is 1. The Hall–Kier alpha value is -0.300. The Kier molecular flexibility index (Phi) is 3.64. The summed E-state index contributed by atoms with van der Waals surface area (Å²) in [5.74, 6) is 0.915. The van der Waals surface area contributed by atoms with E-state index in [0.29, 0.717) is 6.10 Å². The molecule has 0 aliphatic heterocycles. The molecular formula is C10H18O. The molecule has 0 bridgehead atoms. The van der Waals surface area contributed by atoms with Gasteiger partial charge in [-0.05, 0) is 31.6 Å². The minimum atomic E-state index is 0.518. The fourth-order valence-electron chi connectivity index (χ4n) is 1.60. The van der Waals surface area contributed by atoms with Crippen molar-refractivity contribution < 1.29 is 4.74 Å². The van der Waals surface area contributed by atoms with Gasteiger partial charge in [-0.1, -0.05) is 13.0 Å². The van der Waals surface area contributed by atoms with Crippen molar-refractivity contribution in [1.29, 1.82) is 0 Å². The van der Waals surface area contributed by atoms with E-state index in [9.17, 15) is 0 Å². The monoisotopic (exact) mass is 154 g/mol. The molecule has 0 amide bonds. The summed E-state index contributed by atoms with van der Waals surface area (Å²) in [7, 11) is 0. The van der Waals surface area contributed by atoms with Crippen molar-refractivity contribution in [2.24, 2.45) is 5.92 Å². The van der Waals surface area contributed by atoms with Gasteiger partial charge in [-0.25, -0.2) is 0 Å². The van der Waals surface area contributed by atoms with Crippen LogP contribution in [-0.2, 0) is 4.74 Å². The van der Waals surface area contributed by atoms with Crippen molar-refractivity contribution in [2.45, 2.75) is 38.7 Å². The standard InChI is InChI=1S/C10H18O/c1-3-8-11-10-6-4-9(2)5-7-10/h3,9-10H,1,4-8H2,2H3/t9-,10-. The largest absolute Gasteiger partial charge is 0.374 e. The third kappa shape index (κ3) is 3.06. The lowest BCUT2D eigenvalue weighted by Gasteiger charge is -2.25. The first-order valence-corrected chi connectivity index (χ1v) is 4.55. The van der Waals surface area contributed by atoms with Crippen molar-refractivity contribution in [2.75, 3.05) is 6.61 Å². The van der Waals surface area contributed by atoms with Gasteiger partial charge in [0.05, 0.1) is 12.7 Å². The highest BCUT2D eigenvalue weighted by Gasteiger charge is 2.17. The Morgan fingerprint density at radius 3 is 2.55 bits per heavy atom.